The van der Waals surface area contributed by atoms with Crippen LogP contribution in [0.5, 0.6) is 5.75 Å². The number of carbonyl (C=O) groups excluding carboxylic acids is 1. The molecule has 0 unspecified atom stereocenters. The summed E-state index contributed by atoms with van der Waals surface area (Å²) in [6, 6.07) is 5.05. The summed E-state index contributed by atoms with van der Waals surface area (Å²) in [6.07, 6.45) is 7.05. The Bertz CT molecular complexity index is 941. The van der Waals surface area contributed by atoms with E-state index in [0.29, 0.717) is 29.2 Å². The lowest BCUT2D eigenvalue weighted by molar-refractivity contribution is -0.123. The fourth-order valence-electron chi connectivity index (χ4n) is 4.03. The van der Waals surface area contributed by atoms with Crippen molar-refractivity contribution < 1.29 is 9.90 Å². The Hall–Kier alpha value is -3.10. The van der Waals surface area contributed by atoms with E-state index in [1.54, 1.807) is 18.2 Å². The summed E-state index contributed by atoms with van der Waals surface area (Å²) >= 11 is 0. The van der Waals surface area contributed by atoms with Crippen LogP contribution in [-0.4, -0.2) is 52.1 Å². The van der Waals surface area contributed by atoms with Crippen molar-refractivity contribution in [3.05, 3.63) is 18.2 Å². The van der Waals surface area contributed by atoms with E-state index in [4.69, 9.17) is 15.0 Å². The summed E-state index contributed by atoms with van der Waals surface area (Å²) in [5.74, 6) is 1.68. The zero-order valence-electron chi connectivity index (χ0n) is 19.9. The molecule has 2 saturated heterocycles. The highest BCUT2D eigenvalue weighted by atomic mass is 16.3. The van der Waals surface area contributed by atoms with E-state index in [-0.39, 0.29) is 11.7 Å². The monoisotopic (exact) mass is 453 g/mol. The summed E-state index contributed by atoms with van der Waals surface area (Å²) < 4.78 is 0. The van der Waals surface area contributed by atoms with Gasteiger partial charge in [0.1, 0.15) is 5.75 Å². The summed E-state index contributed by atoms with van der Waals surface area (Å²) in [7, 11) is 0. The number of rotatable bonds is 5. The Morgan fingerprint density at radius 1 is 0.879 bits per heavy atom. The van der Waals surface area contributed by atoms with Gasteiger partial charge >= 0.3 is 0 Å². The van der Waals surface area contributed by atoms with Gasteiger partial charge in [0, 0.05) is 43.3 Å². The second-order valence-corrected chi connectivity index (χ2v) is 9.92. The maximum Gasteiger partial charge on any atom is 0.233 e. The number of phenolic OH excluding ortho intramolecular Hbond substituents is 1. The number of nitrogens with one attached hydrogen (secondary N) is 2. The zero-order chi connectivity index (χ0) is 23.4. The minimum atomic E-state index is -0.552. The molecule has 4 rings (SSSR count). The van der Waals surface area contributed by atoms with Gasteiger partial charge in [-0.3, -0.25) is 4.79 Å². The van der Waals surface area contributed by atoms with Gasteiger partial charge in [-0.1, -0.05) is 20.8 Å². The number of aromatic hydroxyl groups is 1. The number of aromatic nitrogens is 3. The smallest absolute Gasteiger partial charge is 0.233 e. The number of amides is 1. The van der Waals surface area contributed by atoms with Crippen molar-refractivity contribution in [2.45, 2.75) is 59.3 Å². The molecule has 2 fully saturated rings. The molecule has 2 aliphatic rings. The molecule has 0 radical (unpaired) electrons. The van der Waals surface area contributed by atoms with Crippen molar-refractivity contribution in [2.75, 3.05) is 46.6 Å². The largest absolute Gasteiger partial charge is 0.506 e. The topological polar surface area (TPSA) is 107 Å². The van der Waals surface area contributed by atoms with Crippen molar-refractivity contribution in [1.29, 1.82) is 0 Å². The third-order valence-electron chi connectivity index (χ3n) is 6.07. The van der Waals surface area contributed by atoms with Crippen molar-refractivity contribution in [3.8, 4) is 5.75 Å². The molecule has 1 aromatic heterocycles. The maximum absolute atomic E-state index is 12.3. The van der Waals surface area contributed by atoms with Gasteiger partial charge in [-0.15, -0.1) is 0 Å². The van der Waals surface area contributed by atoms with E-state index in [1.165, 1.54) is 12.8 Å². The number of benzene rings is 1. The van der Waals surface area contributed by atoms with Crippen LogP contribution < -0.4 is 20.4 Å². The molecular weight excluding hydrogens is 418 g/mol. The average molecular weight is 454 g/mol. The molecule has 0 spiro atoms. The number of phenols is 1. The van der Waals surface area contributed by atoms with Gasteiger partial charge < -0.3 is 25.5 Å². The SMILES string of the molecule is CC(C)(C)C(=O)Nc1ccc(Nc2nc(N3CCCCC3)nc(N3CCCCC3)n2)cc1O. The number of piperidine rings is 2. The average Bonchev–Trinajstić information content (AvgIpc) is 2.81. The van der Waals surface area contributed by atoms with Crippen LogP contribution in [0.3, 0.4) is 0 Å². The summed E-state index contributed by atoms with van der Waals surface area (Å²) in [5, 5.41) is 16.5. The molecule has 1 aromatic carbocycles. The van der Waals surface area contributed by atoms with E-state index >= 15 is 0 Å². The van der Waals surface area contributed by atoms with Gasteiger partial charge in [-0.05, 0) is 50.7 Å². The molecule has 3 N–H and O–H groups in total. The van der Waals surface area contributed by atoms with Crippen molar-refractivity contribution in [3.63, 3.8) is 0 Å². The molecule has 9 heteroatoms. The van der Waals surface area contributed by atoms with Gasteiger partial charge in [0.15, 0.2) is 0 Å². The Kier molecular flexibility index (Phi) is 6.85. The first-order valence-electron chi connectivity index (χ1n) is 12.0. The van der Waals surface area contributed by atoms with Crippen LogP contribution in [0.4, 0.5) is 29.2 Å². The molecule has 33 heavy (non-hydrogen) atoms. The highest BCUT2D eigenvalue weighted by Gasteiger charge is 2.23. The van der Waals surface area contributed by atoms with Gasteiger partial charge in [0.25, 0.3) is 0 Å². The van der Waals surface area contributed by atoms with Gasteiger partial charge in [0.05, 0.1) is 5.69 Å². The van der Waals surface area contributed by atoms with E-state index in [0.717, 1.165) is 51.9 Å². The Morgan fingerprint density at radius 2 is 1.42 bits per heavy atom. The minimum Gasteiger partial charge on any atom is -0.506 e. The molecule has 0 aliphatic carbocycles. The standard InChI is InChI=1S/C24H35N7O2/c1-24(2,3)20(33)26-18-11-10-17(16-19(18)32)25-21-27-22(30-12-6-4-7-13-30)29-23(28-21)31-14-8-5-9-15-31/h10-11,16,32H,4-9,12-15H2,1-3H3,(H,26,33)(H,25,27,28,29). The molecule has 9 nitrogen and oxygen atoms in total. The van der Waals surface area contributed by atoms with Gasteiger partial charge in [0.2, 0.25) is 23.8 Å². The lowest BCUT2D eigenvalue weighted by Gasteiger charge is -2.30. The fraction of sp³-hybridized carbons (Fsp3) is 0.583. The van der Waals surface area contributed by atoms with Crippen LogP contribution in [0.25, 0.3) is 0 Å². The second-order valence-electron chi connectivity index (χ2n) is 9.92. The first-order valence-corrected chi connectivity index (χ1v) is 12.0. The maximum atomic E-state index is 12.3. The normalized spacial score (nSPS) is 17.1. The first-order chi connectivity index (χ1) is 15.8. The predicted octanol–water partition coefficient (Wildman–Crippen LogP) is 4.29. The Labute approximate surface area is 195 Å². The van der Waals surface area contributed by atoms with E-state index in [1.807, 2.05) is 20.8 Å². The highest BCUT2D eigenvalue weighted by Crippen LogP contribution is 2.30. The van der Waals surface area contributed by atoms with Crippen LogP contribution in [0.2, 0.25) is 0 Å². The Balaban J connectivity index is 1.57. The number of nitrogens with zero attached hydrogens (tertiary/aromatic N) is 5. The molecule has 2 aliphatic heterocycles. The summed E-state index contributed by atoms with van der Waals surface area (Å²) in [5.41, 5.74) is 0.463. The molecule has 0 saturated carbocycles. The van der Waals surface area contributed by atoms with E-state index < -0.39 is 5.41 Å². The van der Waals surface area contributed by atoms with Crippen molar-refractivity contribution in [1.82, 2.24) is 15.0 Å². The van der Waals surface area contributed by atoms with Crippen LogP contribution in [0.15, 0.2) is 18.2 Å². The third-order valence-corrected chi connectivity index (χ3v) is 6.07. The zero-order valence-corrected chi connectivity index (χ0v) is 19.9. The van der Waals surface area contributed by atoms with Gasteiger partial charge in [-0.2, -0.15) is 15.0 Å². The molecule has 0 bridgehead atoms. The lowest BCUT2D eigenvalue weighted by atomic mass is 9.95. The molecule has 0 atom stereocenters. The molecule has 3 heterocycles. The molecule has 178 valence electrons. The second kappa shape index (κ2) is 9.80. The van der Waals surface area contributed by atoms with Crippen LogP contribution >= 0.6 is 0 Å². The van der Waals surface area contributed by atoms with Crippen molar-refractivity contribution in [2.24, 2.45) is 5.41 Å². The van der Waals surface area contributed by atoms with Crippen LogP contribution in [-0.2, 0) is 4.79 Å². The first kappa shape index (κ1) is 23.1. The summed E-state index contributed by atoms with van der Waals surface area (Å²) in [4.78, 5) is 30.9. The van der Waals surface area contributed by atoms with E-state index in [9.17, 15) is 9.90 Å². The minimum absolute atomic E-state index is 0.0147. The van der Waals surface area contributed by atoms with Gasteiger partial charge in [-0.25, -0.2) is 0 Å². The van der Waals surface area contributed by atoms with Crippen molar-refractivity contribution >= 4 is 35.1 Å². The van der Waals surface area contributed by atoms with Crippen LogP contribution in [0, 0.1) is 5.41 Å². The van der Waals surface area contributed by atoms with Crippen LogP contribution in [0.1, 0.15) is 59.3 Å². The van der Waals surface area contributed by atoms with E-state index in [2.05, 4.69) is 20.4 Å². The quantitative estimate of drug-likeness (QED) is 0.576. The molecule has 1 amide bonds. The lowest BCUT2D eigenvalue weighted by Crippen LogP contribution is -2.34. The third kappa shape index (κ3) is 5.83. The number of carbonyl (C=O) groups is 1. The number of anilines is 5. The number of hydrogen-bond donors (Lipinski definition) is 3. The molecular formula is C24H35N7O2. The predicted molar refractivity (Wildman–Crippen MR) is 131 cm³/mol. The molecule has 2 aromatic rings. The highest BCUT2D eigenvalue weighted by molar-refractivity contribution is 5.96. The Morgan fingerprint density at radius 3 is 1.91 bits per heavy atom. The summed E-state index contributed by atoms with van der Waals surface area (Å²) in [6.45, 7) is 9.29. The fourth-order valence-corrected chi connectivity index (χ4v) is 4.03. The number of hydrogen-bond acceptors (Lipinski definition) is 8.